The zero-order valence-corrected chi connectivity index (χ0v) is 13.6. The fraction of sp³-hybridized carbons (Fsp3) is 0.316. The molecule has 0 unspecified atom stereocenters. The molecular formula is C19H20FNS. The van der Waals surface area contributed by atoms with E-state index in [1.54, 1.807) is 11.8 Å². The van der Waals surface area contributed by atoms with Gasteiger partial charge in [-0.05, 0) is 67.3 Å². The van der Waals surface area contributed by atoms with Crippen LogP contribution in [-0.4, -0.2) is 5.75 Å². The van der Waals surface area contributed by atoms with Gasteiger partial charge in [-0.1, -0.05) is 24.6 Å². The number of halogens is 1. The summed E-state index contributed by atoms with van der Waals surface area (Å²) in [6, 6.07) is 15.0. The molecule has 0 saturated carbocycles. The molecule has 0 aliphatic carbocycles. The maximum Gasteiger partial charge on any atom is 0.123 e. The van der Waals surface area contributed by atoms with Gasteiger partial charge in [-0.2, -0.15) is 5.26 Å². The van der Waals surface area contributed by atoms with Crippen molar-refractivity contribution >= 4 is 11.8 Å². The van der Waals surface area contributed by atoms with Crippen LogP contribution in [-0.2, 0) is 6.42 Å². The van der Waals surface area contributed by atoms with E-state index in [1.165, 1.54) is 17.7 Å². The largest absolute Gasteiger partial charge is 0.207 e. The molecule has 2 aromatic rings. The van der Waals surface area contributed by atoms with E-state index in [1.807, 2.05) is 31.2 Å². The Kier molecular flexibility index (Phi) is 6.48. The predicted octanol–water partition coefficient (Wildman–Crippen LogP) is 5.51. The lowest BCUT2D eigenvalue weighted by molar-refractivity contribution is 0.626. The quantitative estimate of drug-likeness (QED) is 0.497. The van der Waals surface area contributed by atoms with E-state index in [0.717, 1.165) is 47.5 Å². The lowest BCUT2D eigenvalue weighted by Gasteiger charge is -2.05. The lowest BCUT2D eigenvalue weighted by Crippen LogP contribution is -1.89. The summed E-state index contributed by atoms with van der Waals surface area (Å²) in [6.45, 7) is 2.00. The van der Waals surface area contributed by atoms with E-state index in [9.17, 15) is 4.39 Å². The molecule has 0 amide bonds. The minimum Gasteiger partial charge on any atom is -0.207 e. The van der Waals surface area contributed by atoms with Gasteiger partial charge in [-0.25, -0.2) is 4.39 Å². The fourth-order valence-electron chi connectivity index (χ4n) is 2.30. The zero-order chi connectivity index (χ0) is 15.8. The summed E-state index contributed by atoms with van der Waals surface area (Å²) in [5.74, 6) is 0.854. The van der Waals surface area contributed by atoms with Crippen LogP contribution < -0.4 is 0 Å². The minimum absolute atomic E-state index is 0.174. The van der Waals surface area contributed by atoms with E-state index in [2.05, 4.69) is 12.1 Å². The highest BCUT2D eigenvalue weighted by molar-refractivity contribution is 7.99. The van der Waals surface area contributed by atoms with E-state index >= 15 is 0 Å². The van der Waals surface area contributed by atoms with Crippen LogP contribution in [0.4, 0.5) is 4.39 Å². The normalized spacial score (nSPS) is 10.4. The van der Waals surface area contributed by atoms with Crippen molar-refractivity contribution in [1.82, 2.24) is 0 Å². The Bertz CT molecular complexity index is 643. The lowest BCUT2D eigenvalue weighted by atomic mass is 10.1. The number of benzene rings is 2. The number of nitrogens with zero attached hydrogens (tertiary/aromatic N) is 1. The average molecular weight is 313 g/mol. The molecule has 1 nitrogen and oxygen atoms in total. The van der Waals surface area contributed by atoms with Crippen molar-refractivity contribution < 1.29 is 4.39 Å². The Morgan fingerprint density at radius 2 is 1.82 bits per heavy atom. The number of unbranched alkanes of at least 4 members (excludes halogenated alkanes) is 2. The van der Waals surface area contributed by atoms with Gasteiger partial charge in [0, 0.05) is 4.90 Å². The minimum atomic E-state index is -0.174. The van der Waals surface area contributed by atoms with E-state index in [4.69, 9.17) is 5.26 Å². The van der Waals surface area contributed by atoms with Gasteiger partial charge >= 0.3 is 0 Å². The van der Waals surface area contributed by atoms with Crippen LogP contribution in [0.2, 0.25) is 0 Å². The first-order valence-corrected chi connectivity index (χ1v) is 8.55. The Hall–Kier alpha value is -1.79. The molecule has 0 saturated heterocycles. The molecule has 0 aromatic heterocycles. The fourth-order valence-corrected chi connectivity index (χ4v) is 3.29. The first kappa shape index (κ1) is 16.6. The van der Waals surface area contributed by atoms with Gasteiger partial charge in [-0.3, -0.25) is 0 Å². The van der Waals surface area contributed by atoms with Gasteiger partial charge < -0.3 is 0 Å². The maximum absolute atomic E-state index is 12.8. The predicted molar refractivity (Wildman–Crippen MR) is 90.6 cm³/mol. The van der Waals surface area contributed by atoms with Gasteiger partial charge in [0.05, 0.1) is 5.56 Å². The number of rotatable bonds is 7. The number of aryl methyl sites for hydroxylation is 2. The monoisotopic (exact) mass is 313 g/mol. The van der Waals surface area contributed by atoms with Crippen LogP contribution >= 0.6 is 11.8 Å². The van der Waals surface area contributed by atoms with Crippen molar-refractivity contribution in [3.05, 3.63) is 65.0 Å². The van der Waals surface area contributed by atoms with Crippen molar-refractivity contribution in [2.45, 2.75) is 37.5 Å². The molecule has 0 aliphatic rings. The van der Waals surface area contributed by atoms with Crippen LogP contribution in [0.15, 0.2) is 47.4 Å². The Morgan fingerprint density at radius 1 is 1.05 bits per heavy atom. The number of nitriles is 1. The molecule has 0 atom stereocenters. The van der Waals surface area contributed by atoms with Crippen LogP contribution in [0, 0.1) is 24.1 Å². The Labute approximate surface area is 136 Å². The van der Waals surface area contributed by atoms with E-state index < -0.39 is 0 Å². The van der Waals surface area contributed by atoms with Gasteiger partial charge in [0.2, 0.25) is 0 Å². The van der Waals surface area contributed by atoms with Crippen LogP contribution in [0.25, 0.3) is 0 Å². The van der Waals surface area contributed by atoms with Crippen LogP contribution in [0.3, 0.4) is 0 Å². The number of hydrogen-bond donors (Lipinski definition) is 0. The molecule has 2 rings (SSSR count). The summed E-state index contributed by atoms with van der Waals surface area (Å²) in [4.78, 5) is 1.08. The Morgan fingerprint density at radius 3 is 2.55 bits per heavy atom. The van der Waals surface area contributed by atoms with Crippen molar-refractivity contribution in [2.24, 2.45) is 0 Å². The summed E-state index contributed by atoms with van der Waals surface area (Å²) < 4.78 is 12.8. The van der Waals surface area contributed by atoms with E-state index in [0.29, 0.717) is 0 Å². The summed E-state index contributed by atoms with van der Waals surface area (Å²) in [5, 5.41) is 9.14. The van der Waals surface area contributed by atoms with Crippen LogP contribution in [0.1, 0.15) is 36.0 Å². The highest BCUT2D eigenvalue weighted by Crippen LogP contribution is 2.24. The topological polar surface area (TPSA) is 23.8 Å². The smallest absolute Gasteiger partial charge is 0.123 e. The highest BCUT2D eigenvalue weighted by Gasteiger charge is 2.03. The zero-order valence-electron chi connectivity index (χ0n) is 12.8. The van der Waals surface area contributed by atoms with Crippen molar-refractivity contribution in [3.63, 3.8) is 0 Å². The summed E-state index contributed by atoms with van der Waals surface area (Å²) in [5.41, 5.74) is 3.09. The third kappa shape index (κ3) is 5.20. The van der Waals surface area contributed by atoms with E-state index in [-0.39, 0.29) is 5.82 Å². The molecule has 0 fully saturated rings. The molecule has 0 aliphatic heterocycles. The van der Waals surface area contributed by atoms with Gasteiger partial charge in [0.15, 0.2) is 0 Å². The highest BCUT2D eigenvalue weighted by atomic mass is 32.2. The molecule has 0 N–H and O–H groups in total. The third-order valence-corrected chi connectivity index (χ3v) is 4.70. The summed E-state index contributed by atoms with van der Waals surface area (Å²) in [6.07, 6.45) is 4.40. The standard InChI is InChI=1S/C19H20FNS/c1-15-6-11-19(17(13-15)14-21)22-12-4-2-3-5-16-7-9-18(20)10-8-16/h6-11,13H,2-5,12H2,1H3. The second-order valence-electron chi connectivity index (χ2n) is 5.40. The van der Waals surface area contributed by atoms with Crippen molar-refractivity contribution in [1.29, 1.82) is 5.26 Å². The molecule has 0 radical (unpaired) electrons. The van der Waals surface area contributed by atoms with Crippen molar-refractivity contribution in [3.8, 4) is 6.07 Å². The average Bonchev–Trinajstić information content (AvgIpc) is 2.53. The second-order valence-corrected chi connectivity index (χ2v) is 6.53. The molecule has 0 bridgehead atoms. The van der Waals surface area contributed by atoms with Crippen molar-refractivity contribution in [2.75, 3.05) is 5.75 Å². The molecule has 22 heavy (non-hydrogen) atoms. The van der Waals surface area contributed by atoms with Crippen LogP contribution in [0.5, 0.6) is 0 Å². The first-order chi connectivity index (χ1) is 10.7. The molecular weight excluding hydrogens is 293 g/mol. The van der Waals surface area contributed by atoms with Gasteiger partial charge in [-0.15, -0.1) is 11.8 Å². The molecule has 0 spiro atoms. The second kappa shape index (κ2) is 8.60. The number of hydrogen-bond acceptors (Lipinski definition) is 2. The molecule has 114 valence electrons. The maximum atomic E-state index is 12.8. The number of thioether (sulfide) groups is 1. The van der Waals surface area contributed by atoms with Gasteiger partial charge in [0.25, 0.3) is 0 Å². The Balaban J connectivity index is 1.67. The summed E-state index contributed by atoms with van der Waals surface area (Å²) in [7, 11) is 0. The SMILES string of the molecule is Cc1ccc(SCCCCCc2ccc(F)cc2)c(C#N)c1. The first-order valence-electron chi connectivity index (χ1n) is 7.57. The molecule has 3 heteroatoms. The molecule has 0 heterocycles. The third-order valence-electron chi connectivity index (χ3n) is 3.54. The summed E-state index contributed by atoms with van der Waals surface area (Å²) >= 11 is 1.76. The van der Waals surface area contributed by atoms with Gasteiger partial charge in [0.1, 0.15) is 11.9 Å². The molecule has 2 aromatic carbocycles.